The van der Waals surface area contributed by atoms with Crippen LogP contribution in [0.3, 0.4) is 0 Å². The second-order valence-corrected chi connectivity index (χ2v) is 6.84. The van der Waals surface area contributed by atoms with Gasteiger partial charge in [0.05, 0.1) is 17.7 Å². The summed E-state index contributed by atoms with van der Waals surface area (Å²) in [5.41, 5.74) is 1.20. The molecular weight excluding hydrogens is 330 g/mol. The highest BCUT2D eigenvalue weighted by atomic mass is 79.9. The highest BCUT2D eigenvalue weighted by Gasteiger charge is 2.20. The average Bonchev–Trinajstić information content (AvgIpc) is 2.37. The zero-order chi connectivity index (χ0) is 15.2. The van der Waals surface area contributed by atoms with E-state index in [1.54, 1.807) is 0 Å². The molecule has 1 aliphatic rings. The molecule has 1 fully saturated rings. The van der Waals surface area contributed by atoms with Gasteiger partial charge in [0.15, 0.2) is 11.5 Å². The summed E-state index contributed by atoms with van der Waals surface area (Å²) in [6.45, 7) is 8.57. The summed E-state index contributed by atoms with van der Waals surface area (Å²) in [6.07, 6.45) is 3.92. The molecule has 0 aromatic heterocycles. The molecule has 0 spiro atoms. The first-order valence-corrected chi connectivity index (χ1v) is 8.70. The Labute approximate surface area is 136 Å². The third-order valence-corrected chi connectivity index (χ3v) is 4.36. The van der Waals surface area contributed by atoms with Crippen molar-refractivity contribution >= 4 is 15.9 Å². The lowest BCUT2D eigenvalue weighted by atomic mass is 9.86. The zero-order valence-electron chi connectivity index (χ0n) is 13.2. The van der Waals surface area contributed by atoms with Crippen molar-refractivity contribution in [1.29, 1.82) is 0 Å². The number of rotatable bonds is 8. The molecule has 1 saturated carbocycles. The van der Waals surface area contributed by atoms with E-state index in [4.69, 9.17) is 9.47 Å². The van der Waals surface area contributed by atoms with Crippen LogP contribution in [-0.4, -0.2) is 19.3 Å². The Balaban J connectivity index is 2.09. The maximum atomic E-state index is 6.01. The van der Waals surface area contributed by atoms with Gasteiger partial charge in [0.1, 0.15) is 0 Å². The van der Waals surface area contributed by atoms with E-state index in [0.29, 0.717) is 18.6 Å². The monoisotopic (exact) mass is 355 g/mol. The third kappa shape index (κ3) is 4.89. The third-order valence-electron chi connectivity index (χ3n) is 3.77. The lowest BCUT2D eigenvalue weighted by Crippen LogP contribution is -2.22. The van der Waals surface area contributed by atoms with E-state index in [2.05, 4.69) is 47.2 Å². The van der Waals surface area contributed by atoms with E-state index in [9.17, 15) is 0 Å². The molecule has 0 amide bonds. The van der Waals surface area contributed by atoms with Crippen molar-refractivity contribution in [3.8, 4) is 11.5 Å². The van der Waals surface area contributed by atoms with Crippen LogP contribution >= 0.6 is 15.9 Å². The van der Waals surface area contributed by atoms with Gasteiger partial charge in [-0.15, -0.1) is 0 Å². The topological polar surface area (TPSA) is 30.5 Å². The molecule has 0 bridgehead atoms. The molecule has 0 saturated heterocycles. The summed E-state index contributed by atoms with van der Waals surface area (Å²) in [7, 11) is 0. The normalized spacial score (nSPS) is 15.1. The lowest BCUT2D eigenvalue weighted by Gasteiger charge is -2.26. The minimum Gasteiger partial charge on any atom is -0.490 e. The number of hydrogen-bond acceptors (Lipinski definition) is 3. The van der Waals surface area contributed by atoms with Crippen molar-refractivity contribution in [2.24, 2.45) is 5.92 Å². The van der Waals surface area contributed by atoms with Crippen molar-refractivity contribution in [2.45, 2.75) is 52.6 Å². The fraction of sp³-hybridized carbons (Fsp3) is 0.647. The molecule has 1 N–H and O–H groups in total. The summed E-state index contributed by atoms with van der Waals surface area (Å²) in [6, 6.07) is 4.67. The molecule has 0 radical (unpaired) electrons. The SMILES string of the molecule is CCOc1cc(CNC(C)C)cc(Br)c1OCC1CCC1. The number of halogens is 1. The lowest BCUT2D eigenvalue weighted by molar-refractivity contribution is 0.173. The van der Waals surface area contributed by atoms with E-state index in [1.165, 1.54) is 24.8 Å². The molecule has 1 aromatic rings. The molecule has 0 heterocycles. The van der Waals surface area contributed by atoms with Crippen LogP contribution in [0.15, 0.2) is 16.6 Å². The minimum atomic E-state index is 0.467. The first-order valence-electron chi connectivity index (χ1n) is 7.91. The number of benzene rings is 1. The highest BCUT2D eigenvalue weighted by molar-refractivity contribution is 9.10. The van der Waals surface area contributed by atoms with Crippen LogP contribution < -0.4 is 14.8 Å². The summed E-state index contributed by atoms with van der Waals surface area (Å²) < 4.78 is 12.8. The number of nitrogens with one attached hydrogen (secondary N) is 1. The second kappa shape index (κ2) is 8.04. The first-order chi connectivity index (χ1) is 10.1. The fourth-order valence-corrected chi connectivity index (χ4v) is 2.91. The van der Waals surface area contributed by atoms with Gasteiger partial charge in [-0.25, -0.2) is 0 Å². The Morgan fingerprint density at radius 3 is 2.62 bits per heavy atom. The number of ether oxygens (including phenoxy) is 2. The standard InChI is InChI=1S/C17H26BrNO2/c1-4-20-16-9-14(10-19-12(2)3)8-15(18)17(16)21-11-13-6-5-7-13/h8-9,12-13,19H,4-7,10-11H2,1-3H3. The second-order valence-electron chi connectivity index (χ2n) is 5.98. The molecule has 3 nitrogen and oxygen atoms in total. The van der Waals surface area contributed by atoms with Gasteiger partial charge in [-0.1, -0.05) is 20.3 Å². The predicted molar refractivity (Wildman–Crippen MR) is 90.1 cm³/mol. The van der Waals surface area contributed by atoms with Gasteiger partial charge in [0, 0.05) is 12.6 Å². The summed E-state index contributed by atoms with van der Waals surface area (Å²) in [5.74, 6) is 2.40. The minimum absolute atomic E-state index is 0.467. The van der Waals surface area contributed by atoms with Crippen molar-refractivity contribution in [3.05, 3.63) is 22.2 Å². The van der Waals surface area contributed by atoms with Crippen molar-refractivity contribution in [1.82, 2.24) is 5.32 Å². The molecule has 118 valence electrons. The Morgan fingerprint density at radius 2 is 2.05 bits per heavy atom. The van der Waals surface area contributed by atoms with Crippen LogP contribution in [0, 0.1) is 5.92 Å². The molecule has 1 aromatic carbocycles. The first kappa shape index (κ1) is 16.6. The van der Waals surface area contributed by atoms with Gasteiger partial charge < -0.3 is 14.8 Å². The van der Waals surface area contributed by atoms with Crippen LogP contribution in [0.2, 0.25) is 0 Å². The van der Waals surface area contributed by atoms with E-state index < -0.39 is 0 Å². The van der Waals surface area contributed by atoms with Crippen molar-refractivity contribution in [2.75, 3.05) is 13.2 Å². The van der Waals surface area contributed by atoms with Crippen LogP contribution in [0.4, 0.5) is 0 Å². The summed E-state index contributed by atoms with van der Waals surface area (Å²) >= 11 is 3.63. The molecule has 21 heavy (non-hydrogen) atoms. The van der Waals surface area contributed by atoms with Crippen LogP contribution in [0.1, 0.15) is 45.6 Å². The molecule has 1 aliphatic carbocycles. The molecular formula is C17H26BrNO2. The summed E-state index contributed by atoms with van der Waals surface area (Å²) in [4.78, 5) is 0. The Morgan fingerprint density at radius 1 is 1.29 bits per heavy atom. The number of hydrogen-bond donors (Lipinski definition) is 1. The summed E-state index contributed by atoms with van der Waals surface area (Å²) in [5, 5.41) is 3.43. The predicted octanol–water partition coefficient (Wildman–Crippen LogP) is 4.52. The molecule has 0 unspecified atom stereocenters. The Kier molecular flexibility index (Phi) is 6.37. The Hall–Kier alpha value is -0.740. The highest BCUT2D eigenvalue weighted by Crippen LogP contribution is 2.38. The fourth-order valence-electron chi connectivity index (χ4n) is 2.31. The van der Waals surface area contributed by atoms with Crippen LogP contribution in [-0.2, 0) is 6.54 Å². The van der Waals surface area contributed by atoms with Gasteiger partial charge in [-0.05, 0) is 59.3 Å². The largest absolute Gasteiger partial charge is 0.490 e. The Bertz CT molecular complexity index is 458. The van der Waals surface area contributed by atoms with Gasteiger partial charge in [0.2, 0.25) is 0 Å². The van der Waals surface area contributed by atoms with Gasteiger partial charge in [-0.2, -0.15) is 0 Å². The molecule has 4 heteroatoms. The maximum Gasteiger partial charge on any atom is 0.175 e. The molecule has 0 aliphatic heterocycles. The van der Waals surface area contributed by atoms with Crippen molar-refractivity contribution in [3.63, 3.8) is 0 Å². The average molecular weight is 356 g/mol. The van der Waals surface area contributed by atoms with E-state index >= 15 is 0 Å². The molecule has 2 rings (SSSR count). The quantitative estimate of drug-likeness (QED) is 0.743. The van der Waals surface area contributed by atoms with Crippen molar-refractivity contribution < 1.29 is 9.47 Å². The van der Waals surface area contributed by atoms with E-state index in [-0.39, 0.29) is 0 Å². The van der Waals surface area contributed by atoms with Gasteiger partial charge >= 0.3 is 0 Å². The van der Waals surface area contributed by atoms with Crippen LogP contribution in [0.5, 0.6) is 11.5 Å². The van der Waals surface area contributed by atoms with E-state index in [1.807, 2.05) is 6.92 Å². The van der Waals surface area contributed by atoms with Gasteiger partial charge in [0.25, 0.3) is 0 Å². The smallest absolute Gasteiger partial charge is 0.175 e. The maximum absolute atomic E-state index is 6.01. The zero-order valence-corrected chi connectivity index (χ0v) is 14.8. The van der Waals surface area contributed by atoms with E-state index in [0.717, 1.165) is 29.1 Å². The van der Waals surface area contributed by atoms with Crippen LogP contribution in [0.25, 0.3) is 0 Å². The molecule has 0 atom stereocenters. The van der Waals surface area contributed by atoms with Gasteiger partial charge in [-0.3, -0.25) is 0 Å².